The second kappa shape index (κ2) is 7.76. The van der Waals surface area contributed by atoms with Crippen molar-refractivity contribution >= 4 is 23.5 Å². The Hall–Kier alpha value is -2.45. The van der Waals surface area contributed by atoms with E-state index in [2.05, 4.69) is 9.97 Å². The van der Waals surface area contributed by atoms with Crippen LogP contribution in [0.5, 0.6) is 5.88 Å². The lowest BCUT2D eigenvalue weighted by Gasteiger charge is -2.25. The molecule has 2 aliphatic rings. The van der Waals surface area contributed by atoms with Crippen molar-refractivity contribution < 1.29 is 23.8 Å². The Morgan fingerprint density at radius 1 is 1.38 bits per heavy atom. The van der Waals surface area contributed by atoms with E-state index in [4.69, 9.17) is 21.1 Å². The minimum absolute atomic E-state index is 0.0158. The molecule has 2 aromatic rings. The average molecular weight is 422 g/mol. The predicted molar refractivity (Wildman–Crippen MR) is 105 cm³/mol. The first-order chi connectivity index (χ1) is 13.9. The van der Waals surface area contributed by atoms with E-state index >= 15 is 0 Å². The number of benzene rings is 1. The van der Waals surface area contributed by atoms with Gasteiger partial charge in [-0.15, -0.1) is 0 Å². The quantitative estimate of drug-likeness (QED) is 0.731. The summed E-state index contributed by atoms with van der Waals surface area (Å²) >= 11 is 5.80. The molecule has 154 valence electrons. The van der Waals surface area contributed by atoms with Gasteiger partial charge in [0, 0.05) is 38.1 Å². The van der Waals surface area contributed by atoms with Gasteiger partial charge in [-0.2, -0.15) is 4.98 Å². The summed E-state index contributed by atoms with van der Waals surface area (Å²) in [4.78, 5) is 22.6. The highest BCUT2D eigenvalue weighted by Gasteiger charge is 2.54. The fraction of sp³-hybridized carbons (Fsp3) is 0.450. The number of anilines is 1. The van der Waals surface area contributed by atoms with Gasteiger partial charge in [0.1, 0.15) is 5.82 Å². The molecule has 4 rings (SSSR count). The zero-order valence-electron chi connectivity index (χ0n) is 15.9. The van der Waals surface area contributed by atoms with Crippen LogP contribution in [-0.4, -0.2) is 52.9 Å². The Bertz CT molecular complexity index is 938. The number of hydrogen-bond donors (Lipinski definition) is 1. The number of methoxy groups -OCH3 is 1. The lowest BCUT2D eigenvalue weighted by atomic mass is 10.1. The summed E-state index contributed by atoms with van der Waals surface area (Å²) in [6.07, 6.45) is 2.74. The van der Waals surface area contributed by atoms with Crippen molar-refractivity contribution in [3.63, 3.8) is 0 Å². The molecular formula is C20H21ClFN3O4. The molecule has 1 aromatic carbocycles. The number of carbonyl (C=O) groups is 1. The van der Waals surface area contributed by atoms with Crippen molar-refractivity contribution in [3.05, 3.63) is 35.1 Å². The van der Waals surface area contributed by atoms with E-state index in [1.807, 2.05) is 4.90 Å². The molecule has 2 fully saturated rings. The van der Waals surface area contributed by atoms with Crippen LogP contribution in [0.4, 0.5) is 10.3 Å². The van der Waals surface area contributed by atoms with Crippen LogP contribution in [0.2, 0.25) is 5.02 Å². The predicted octanol–water partition coefficient (Wildman–Crippen LogP) is 3.55. The monoisotopic (exact) mass is 421 g/mol. The highest BCUT2D eigenvalue weighted by molar-refractivity contribution is 6.30. The van der Waals surface area contributed by atoms with Gasteiger partial charge in [0.15, 0.2) is 0 Å². The Balaban J connectivity index is 1.75. The van der Waals surface area contributed by atoms with Crippen LogP contribution in [0.25, 0.3) is 11.3 Å². The molecule has 1 aliphatic carbocycles. The van der Waals surface area contributed by atoms with Gasteiger partial charge in [-0.05, 0) is 25.0 Å². The van der Waals surface area contributed by atoms with E-state index < -0.39 is 17.4 Å². The number of carboxylic acids is 1. The normalized spacial score (nSPS) is 20.0. The van der Waals surface area contributed by atoms with Gasteiger partial charge in [0.05, 0.1) is 23.4 Å². The molecular weight excluding hydrogens is 401 g/mol. The average Bonchev–Trinajstić information content (AvgIpc) is 3.33. The lowest BCUT2D eigenvalue weighted by Crippen LogP contribution is -2.34. The maximum atomic E-state index is 14.0. The van der Waals surface area contributed by atoms with Crippen LogP contribution in [0.3, 0.4) is 0 Å². The zero-order valence-corrected chi connectivity index (χ0v) is 16.7. The van der Waals surface area contributed by atoms with Crippen LogP contribution < -0.4 is 9.64 Å². The molecule has 0 bridgehead atoms. The summed E-state index contributed by atoms with van der Waals surface area (Å²) in [6, 6.07) is 6.05. The topological polar surface area (TPSA) is 84.8 Å². The summed E-state index contributed by atoms with van der Waals surface area (Å²) in [7, 11) is 1.64. The molecule has 0 amide bonds. The van der Waals surface area contributed by atoms with Crippen molar-refractivity contribution in [2.45, 2.75) is 37.3 Å². The molecule has 1 saturated heterocycles. The van der Waals surface area contributed by atoms with Crippen LogP contribution >= 0.6 is 11.6 Å². The molecule has 1 atom stereocenters. The van der Waals surface area contributed by atoms with Crippen molar-refractivity contribution in [2.75, 3.05) is 25.2 Å². The summed E-state index contributed by atoms with van der Waals surface area (Å²) in [5, 5.41) is 9.47. The van der Waals surface area contributed by atoms with Gasteiger partial charge < -0.3 is 19.5 Å². The maximum Gasteiger partial charge on any atom is 0.348 e. The second-order valence-electron chi connectivity index (χ2n) is 7.37. The number of aliphatic carboxylic acids is 1. The third kappa shape index (κ3) is 4.00. The van der Waals surface area contributed by atoms with Gasteiger partial charge in [-0.3, -0.25) is 0 Å². The Labute approximate surface area is 172 Å². The van der Waals surface area contributed by atoms with Crippen LogP contribution in [0.15, 0.2) is 24.3 Å². The number of aromatic nitrogens is 2. The van der Waals surface area contributed by atoms with E-state index in [0.29, 0.717) is 36.7 Å². The molecule has 9 heteroatoms. The van der Waals surface area contributed by atoms with Gasteiger partial charge in [-0.25, -0.2) is 14.2 Å². The fourth-order valence-corrected chi connectivity index (χ4v) is 3.65. The highest BCUT2D eigenvalue weighted by atomic mass is 35.5. The summed E-state index contributed by atoms with van der Waals surface area (Å²) in [5.41, 5.74) is -0.307. The van der Waals surface area contributed by atoms with Crippen LogP contribution in [-0.2, 0) is 9.53 Å². The number of ether oxygens (including phenoxy) is 2. The Morgan fingerprint density at radius 2 is 2.17 bits per heavy atom. The number of halogens is 2. The fourth-order valence-electron chi connectivity index (χ4n) is 3.53. The smallest absolute Gasteiger partial charge is 0.348 e. The number of hydrogen-bond acceptors (Lipinski definition) is 6. The first-order valence-electron chi connectivity index (χ1n) is 9.44. The van der Waals surface area contributed by atoms with E-state index in [1.54, 1.807) is 13.2 Å². The summed E-state index contributed by atoms with van der Waals surface area (Å²) in [6.45, 7) is 1.27. The van der Waals surface area contributed by atoms with Crippen LogP contribution in [0.1, 0.15) is 25.7 Å². The first-order valence-corrected chi connectivity index (χ1v) is 9.82. The van der Waals surface area contributed by atoms with Gasteiger partial charge in [-0.1, -0.05) is 17.7 Å². The third-order valence-electron chi connectivity index (χ3n) is 5.29. The van der Waals surface area contributed by atoms with Crippen LogP contribution in [0, 0.1) is 5.82 Å². The van der Waals surface area contributed by atoms with Crippen molar-refractivity contribution in [3.8, 4) is 17.1 Å². The molecule has 1 aliphatic heterocycles. The molecule has 1 N–H and O–H groups in total. The standard InChI is InChI=1S/C20H21ClFN3O4/c1-28-11-13-3-2-8-25(13)19-23-16(12-4-5-14(21)15(22)9-12)10-17(24-19)29-20(6-7-20)18(26)27/h4-5,9-10,13H,2-3,6-8,11H2,1H3,(H,26,27)/t13-/m0/s1. The molecule has 0 spiro atoms. The second-order valence-corrected chi connectivity index (χ2v) is 7.77. The van der Waals surface area contributed by atoms with E-state index in [9.17, 15) is 14.3 Å². The first kappa shape index (κ1) is 19.8. The number of carboxylic acid groups (broad SMARTS) is 1. The lowest BCUT2D eigenvalue weighted by molar-refractivity contribution is -0.147. The molecule has 1 aromatic heterocycles. The minimum Gasteiger partial charge on any atom is -0.478 e. The summed E-state index contributed by atoms with van der Waals surface area (Å²) < 4.78 is 25.1. The molecule has 7 nitrogen and oxygen atoms in total. The zero-order chi connectivity index (χ0) is 20.6. The minimum atomic E-state index is -1.24. The van der Waals surface area contributed by atoms with Crippen molar-refractivity contribution in [1.29, 1.82) is 0 Å². The Kier molecular flexibility index (Phi) is 5.31. The number of rotatable bonds is 7. The van der Waals surface area contributed by atoms with Gasteiger partial charge >= 0.3 is 5.97 Å². The van der Waals surface area contributed by atoms with Gasteiger partial charge in [0.2, 0.25) is 17.4 Å². The SMILES string of the molecule is COC[C@@H]1CCCN1c1nc(OC2(C(=O)O)CC2)cc(-c2ccc(Cl)c(F)c2)n1. The van der Waals surface area contributed by atoms with E-state index in [-0.39, 0.29) is 16.9 Å². The molecule has 0 unspecified atom stereocenters. The van der Waals surface area contributed by atoms with E-state index in [0.717, 1.165) is 19.4 Å². The molecule has 0 radical (unpaired) electrons. The van der Waals surface area contributed by atoms with Crippen molar-refractivity contribution in [1.82, 2.24) is 9.97 Å². The summed E-state index contributed by atoms with van der Waals surface area (Å²) in [5.74, 6) is -1.01. The molecule has 29 heavy (non-hydrogen) atoms. The van der Waals surface area contributed by atoms with Gasteiger partial charge in [0.25, 0.3) is 0 Å². The molecule has 1 saturated carbocycles. The van der Waals surface area contributed by atoms with Crippen molar-refractivity contribution in [2.24, 2.45) is 0 Å². The Morgan fingerprint density at radius 3 is 2.83 bits per heavy atom. The largest absolute Gasteiger partial charge is 0.478 e. The highest BCUT2D eigenvalue weighted by Crippen LogP contribution is 2.41. The maximum absolute atomic E-state index is 14.0. The third-order valence-corrected chi connectivity index (χ3v) is 5.60. The number of nitrogens with zero attached hydrogens (tertiary/aromatic N) is 3. The molecule has 2 heterocycles. The van der Waals surface area contributed by atoms with E-state index in [1.165, 1.54) is 18.2 Å².